The van der Waals surface area contributed by atoms with E-state index in [1.165, 1.54) is 42.1 Å². The molecule has 4 nitrogen and oxygen atoms in total. The highest BCUT2D eigenvalue weighted by atomic mass is 32.2. The molecule has 2 aromatic heterocycles. The van der Waals surface area contributed by atoms with E-state index in [2.05, 4.69) is 15.1 Å². The zero-order chi connectivity index (χ0) is 17.2. The van der Waals surface area contributed by atoms with Gasteiger partial charge in [-0.2, -0.15) is 18.2 Å². The molecule has 124 valence electrons. The van der Waals surface area contributed by atoms with E-state index in [0.29, 0.717) is 22.3 Å². The fourth-order valence-electron chi connectivity index (χ4n) is 1.80. The van der Waals surface area contributed by atoms with Gasteiger partial charge in [-0.1, -0.05) is 16.9 Å². The second-order valence-corrected chi connectivity index (χ2v) is 5.69. The van der Waals surface area contributed by atoms with Crippen molar-refractivity contribution < 1.29 is 22.1 Å². The van der Waals surface area contributed by atoms with Crippen molar-refractivity contribution in [1.82, 2.24) is 15.1 Å². The standard InChI is InChI=1S/C15H9F4N3OS/c16-11-4-1-9(2-5-11)14-21-12(23-22-14)8-24-13-6-3-10(7-20-13)15(17,18)19/h1-7H,8H2. The summed E-state index contributed by atoms with van der Waals surface area (Å²) in [6.07, 6.45) is -3.63. The molecule has 0 aliphatic rings. The maximum Gasteiger partial charge on any atom is 0.417 e. The van der Waals surface area contributed by atoms with Gasteiger partial charge in [0.25, 0.3) is 0 Å². The Labute approximate surface area is 137 Å². The average Bonchev–Trinajstić information content (AvgIpc) is 3.02. The normalized spacial score (nSPS) is 11.7. The van der Waals surface area contributed by atoms with E-state index in [-0.39, 0.29) is 11.6 Å². The molecule has 0 aliphatic carbocycles. The molecule has 0 unspecified atom stereocenters. The summed E-state index contributed by atoms with van der Waals surface area (Å²) < 4.78 is 55.3. The minimum absolute atomic E-state index is 0.257. The molecule has 1 aromatic carbocycles. The minimum Gasteiger partial charge on any atom is -0.338 e. The molecule has 0 aliphatic heterocycles. The fourth-order valence-corrected chi connectivity index (χ4v) is 2.48. The van der Waals surface area contributed by atoms with Gasteiger partial charge in [-0.3, -0.25) is 0 Å². The fraction of sp³-hybridized carbons (Fsp3) is 0.133. The maximum absolute atomic E-state index is 12.9. The van der Waals surface area contributed by atoms with Crippen LogP contribution in [0, 0.1) is 5.82 Å². The summed E-state index contributed by atoms with van der Waals surface area (Å²) in [7, 11) is 0. The van der Waals surface area contributed by atoms with Crippen LogP contribution in [0.25, 0.3) is 11.4 Å². The van der Waals surface area contributed by atoms with Crippen molar-refractivity contribution in [1.29, 1.82) is 0 Å². The summed E-state index contributed by atoms with van der Waals surface area (Å²) in [5.41, 5.74) is -0.202. The van der Waals surface area contributed by atoms with Gasteiger partial charge in [0.15, 0.2) is 0 Å². The maximum atomic E-state index is 12.9. The quantitative estimate of drug-likeness (QED) is 0.506. The molecule has 0 saturated heterocycles. The molecule has 3 aromatic rings. The number of thioether (sulfide) groups is 1. The molecule has 0 radical (unpaired) electrons. The van der Waals surface area contributed by atoms with Gasteiger partial charge in [0.2, 0.25) is 11.7 Å². The first kappa shape index (κ1) is 16.4. The Bertz CT molecular complexity index is 816. The van der Waals surface area contributed by atoms with E-state index in [1.807, 2.05) is 0 Å². The monoisotopic (exact) mass is 355 g/mol. The van der Waals surface area contributed by atoms with Crippen LogP contribution in [0.15, 0.2) is 52.1 Å². The van der Waals surface area contributed by atoms with Gasteiger partial charge < -0.3 is 4.52 Å². The number of halogens is 4. The predicted octanol–water partition coefficient (Wildman–Crippen LogP) is 4.58. The van der Waals surface area contributed by atoms with Crippen molar-refractivity contribution in [2.75, 3.05) is 0 Å². The zero-order valence-electron chi connectivity index (χ0n) is 11.9. The molecular formula is C15H9F4N3OS. The van der Waals surface area contributed by atoms with Crippen molar-refractivity contribution in [2.45, 2.75) is 17.0 Å². The van der Waals surface area contributed by atoms with Crippen LogP contribution in [0.2, 0.25) is 0 Å². The molecule has 0 amide bonds. The second-order valence-electron chi connectivity index (χ2n) is 4.69. The topological polar surface area (TPSA) is 51.8 Å². The van der Waals surface area contributed by atoms with Gasteiger partial charge in [0.1, 0.15) is 5.82 Å². The molecule has 24 heavy (non-hydrogen) atoms. The molecule has 2 heterocycles. The highest BCUT2D eigenvalue weighted by molar-refractivity contribution is 7.98. The number of benzene rings is 1. The largest absolute Gasteiger partial charge is 0.417 e. The Morgan fingerprint density at radius 2 is 1.79 bits per heavy atom. The third-order valence-electron chi connectivity index (χ3n) is 2.98. The number of alkyl halides is 3. The van der Waals surface area contributed by atoms with Crippen molar-refractivity contribution in [3.8, 4) is 11.4 Å². The highest BCUT2D eigenvalue weighted by Gasteiger charge is 2.30. The van der Waals surface area contributed by atoms with Crippen LogP contribution in [-0.2, 0) is 11.9 Å². The summed E-state index contributed by atoms with van der Waals surface area (Å²) in [5, 5.41) is 4.19. The van der Waals surface area contributed by atoms with E-state index in [4.69, 9.17) is 4.52 Å². The summed E-state index contributed by atoms with van der Waals surface area (Å²) in [5.74, 6) is 0.491. The van der Waals surface area contributed by atoms with Gasteiger partial charge in [-0.15, -0.1) is 0 Å². The third kappa shape index (κ3) is 3.91. The molecule has 9 heteroatoms. The van der Waals surface area contributed by atoms with Crippen molar-refractivity contribution >= 4 is 11.8 Å². The van der Waals surface area contributed by atoms with Crippen LogP contribution >= 0.6 is 11.8 Å². The van der Waals surface area contributed by atoms with Gasteiger partial charge in [0, 0.05) is 11.8 Å². The third-order valence-corrected chi connectivity index (χ3v) is 3.91. The molecule has 0 bridgehead atoms. The Balaban J connectivity index is 1.64. The number of aromatic nitrogens is 3. The molecule has 0 saturated carbocycles. The summed E-state index contributed by atoms with van der Waals surface area (Å²) in [6.45, 7) is 0. The van der Waals surface area contributed by atoms with Gasteiger partial charge in [-0.05, 0) is 36.4 Å². The first-order chi connectivity index (χ1) is 11.4. The highest BCUT2D eigenvalue weighted by Crippen LogP contribution is 2.30. The van der Waals surface area contributed by atoms with E-state index in [9.17, 15) is 17.6 Å². The summed E-state index contributed by atoms with van der Waals surface area (Å²) in [6, 6.07) is 7.86. The molecule has 3 rings (SSSR count). The lowest BCUT2D eigenvalue weighted by atomic mass is 10.2. The zero-order valence-corrected chi connectivity index (χ0v) is 12.7. The average molecular weight is 355 g/mol. The number of hydrogen-bond acceptors (Lipinski definition) is 5. The van der Waals surface area contributed by atoms with Crippen LogP contribution in [0.4, 0.5) is 17.6 Å². The smallest absolute Gasteiger partial charge is 0.338 e. The van der Waals surface area contributed by atoms with Crippen LogP contribution in [0.5, 0.6) is 0 Å². The number of pyridine rings is 1. The summed E-state index contributed by atoms with van der Waals surface area (Å²) >= 11 is 1.17. The summed E-state index contributed by atoms with van der Waals surface area (Å²) in [4.78, 5) is 7.90. The minimum atomic E-state index is -4.41. The Kier molecular flexibility index (Phi) is 4.52. The lowest BCUT2D eigenvalue weighted by Crippen LogP contribution is -2.05. The molecule has 0 spiro atoms. The molecule has 0 N–H and O–H groups in total. The van der Waals surface area contributed by atoms with Crippen molar-refractivity contribution in [3.63, 3.8) is 0 Å². The van der Waals surface area contributed by atoms with Crippen LogP contribution < -0.4 is 0 Å². The molecule has 0 fully saturated rings. The predicted molar refractivity (Wildman–Crippen MR) is 78.5 cm³/mol. The second kappa shape index (κ2) is 6.60. The van der Waals surface area contributed by atoms with Gasteiger partial charge >= 0.3 is 6.18 Å². The van der Waals surface area contributed by atoms with Crippen molar-refractivity contribution in [3.05, 3.63) is 59.9 Å². The SMILES string of the molecule is Fc1ccc(-c2noc(CSc3ccc(C(F)(F)F)cn3)n2)cc1. The van der Waals surface area contributed by atoms with E-state index >= 15 is 0 Å². The Morgan fingerprint density at radius 1 is 1.04 bits per heavy atom. The first-order valence-electron chi connectivity index (χ1n) is 6.66. The lowest BCUT2D eigenvalue weighted by molar-refractivity contribution is -0.137. The van der Waals surface area contributed by atoms with Crippen LogP contribution in [-0.4, -0.2) is 15.1 Å². The van der Waals surface area contributed by atoms with E-state index in [1.54, 1.807) is 0 Å². The van der Waals surface area contributed by atoms with Gasteiger partial charge in [0.05, 0.1) is 16.3 Å². The van der Waals surface area contributed by atoms with Crippen LogP contribution in [0.3, 0.4) is 0 Å². The Morgan fingerprint density at radius 3 is 2.42 bits per heavy atom. The number of hydrogen-bond donors (Lipinski definition) is 0. The Hall–Kier alpha value is -2.42. The first-order valence-corrected chi connectivity index (χ1v) is 7.65. The lowest BCUT2D eigenvalue weighted by Gasteiger charge is -2.05. The number of nitrogens with zero attached hydrogens (tertiary/aromatic N) is 3. The van der Waals surface area contributed by atoms with Gasteiger partial charge in [-0.25, -0.2) is 9.37 Å². The molecule has 0 atom stereocenters. The van der Waals surface area contributed by atoms with Crippen LogP contribution in [0.1, 0.15) is 11.5 Å². The molecular weight excluding hydrogens is 346 g/mol. The van der Waals surface area contributed by atoms with E-state index in [0.717, 1.165) is 12.3 Å². The van der Waals surface area contributed by atoms with E-state index < -0.39 is 11.7 Å². The van der Waals surface area contributed by atoms with Crippen molar-refractivity contribution in [2.24, 2.45) is 0 Å². The number of rotatable bonds is 4.